The molecule has 1 atom stereocenters. The van der Waals surface area contributed by atoms with E-state index in [0.717, 1.165) is 30.5 Å². The Kier molecular flexibility index (Phi) is 7.97. The fraction of sp³-hybridized carbons (Fsp3) is 0.318. The number of rotatable bonds is 10. The molecule has 0 aliphatic carbocycles. The lowest BCUT2D eigenvalue weighted by Crippen LogP contribution is -2.48. The van der Waals surface area contributed by atoms with E-state index in [1.807, 2.05) is 6.92 Å². The number of pyridine rings is 1. The highest BCUT2D eigenvalue weighted by molar-refractivity contribution is 6.30. The number of aromatic amines is 1. The molecule has 7 nitrogen and oxygen atoms in total. The molecule has 164 valence electrons. The molecule has 3 rings (SSSR count). The van der Waals surface area contributed by atoms with Gasteiger partial charge in [-0.1, -0.05) is 30.7 Å². The van der Waals surface area contributed by atoms with Gasteiger partial charge in [-0.25, -0.2) is 9.37 Å². The smallest absolute Gasteiger partial charge is 0.268 e. The van der Waals surface area contributed by atoms with Crippen molar-refractivity contribution in [3.05, 3.63) is 64.8 Å². The SMILES string of the molecule is CCNCCCNC(=O)[C@H](Cc1ccc(F)cc1)NC(=O)c1cc2cc(Cl)ncc2[nH]1. The van der Waals surface area contributed by atoms with Crippen LogP contribution in [0.15, 0.2) is 42.6 Å². The number of nitrogens with one attached hydrogen (secondary N) is 4. The Morgan fingerprint density at radius 2 is 1.97 bits per heavy atom. The zero-order valence-corrected chi connectivity index (χ0v) is 17.9. The lowest BCUT2D eigenvalue weighted by atomic mass is 10.0. The highest BCUT2D eigenvalue weighted by Gasteiger charge is 2.22. The predicted molar refractivity (Wildman–Crippen MR) is 119 cm³/mol. The average molecular weight is 446 g/mol. The van der Waals surface area contributed by atoms with Crippen LogP contribution in [-0.2, 0) is 11.2 Å². The number of nitrogens with zero attached hydrogens (tertiary/aromatic N) is 1. The number of fused-ring (bicyclic) bond motifs is 1. The highest BCUT2D eigenvalue weighted by atomic mass is 35.5. The largest absolute Gasteiger partial charge is 0.354 e. The fourth-order valence-corrected chi connectivity index (χ4v) is 3.32. The molecule has 2 heterocycles. The van der Waals surface area contributed by atoms with Crippen LogP contribution in [0.25, 0.3) is 10.9 Å². The van der Waals surface area contributed by atoms with Gasteiger partial charge in [-0.15, -0.1) is 0 Å². The third kappa shape index (κ3) is 6.50. The van der Waals surface area contributed by atoms with E-state index in [-0.39, 0.29) is 18.1 Å². The van der Waals surface area contributed by atoms with E-state index in [4.69, 9.17) is 11.6 Å². The van der Waals surface area contributed by atoms with Crippen molar-refractivity contribution in [2.45, 2.75) is 25.8 Å². The van der Waals surface area contributed by atoms with Crippen LogP contribution in [0.3, 0.4) is 0 Å². The number of amides is 2. The molecule has 0 spiro atoms. The summed E-state index contributed by atoms with van der Waals surface area (Å²) >= 11 is 5.91. The van der Waals surface area contributed by atoms with Gasteiger partial charge in [0.05, 0.1) is 11.7 Å². The Morgan fingerprint density at radius 1 is 1.19 bits per heavy atom. The highest BCUT2D eigenvalue weighted by Crippen LogP contribution is 2.18. The fourth-order valence-electron chi connectivity index (χ4n) is 3.15. The summed E-state index contributed by atoms with van der Waals surface area (Å²) < 4.78 is 13.2. The molecule has 2 amide bonds. The van der Waals surface area contributed by atoms with E-state index in [1.165, 1.54) is 12.1 Å². The second-order valence-corrected chi connectivity index (χ2v) is 7.52. The van der Waals surface area contributed by atoms with Gasteiger partial charge in [0.25, 0.3) is 5.91 Å². The van der Waals surface area contributed by atoms with Crippen molar-refractivity contribution in [3.63, 3.8) is 0 Å². The van der Waals surface area contributed by atoms with E-state index >= 15 is 0 Å². The minimum Gasteiger partial charge on any atom is -0.354 e. The summed E-state index contributed by atoms with van der Waals surface area (Å²) in [6.45, 7) is 4.15. The number of hydrogen-bond acceptors (Lipinski definition) is 4. The zero-order chi connectivity index (χ0) is 22.2. The maximum atomic E-state index is 13.2. The molecular weight excluding hydrogens is 421 g/mol. The summed E-state index contributed by atoms with van der Waals surface area (Å²) in [6, 6.07) is 8.35. The molecule has 0 aliphatic heterocycles. The molecule has 2 aromatic heterocycles. The van der Waals surface area contributed by atoms with Gasteiger partial charge in [0.2, 0.25) is 5.91 Å². The van der Waals surface area contributed by atoms with E-state index in [2.05, 4.69) is 25.9 Å². The summed E-state index contributed by atoms with van der Waals surface area (Å²) in [6.07, 6.45) is 2.55. The van der Waals surface area contributed by atoms with E-state index in [0.29, 0.717) is 22.9 Å². The first-order chi connectivity index (χ1) is 15.0. The summed E-state index contributed by atoms with van der Waals surface area (Å²) in [5.74, 6) is -1.08. The monoisotopic (exact) mass is 445 g/mol. The maximum absolute atomic E-state index is 13.2. The van der Waals surface area contributed by atoms with Crippen LogP contribution in [0, 0.1) is 5.82 Å². The normalized spacial score (nSPS) is 12.0. The standard InChI is InChI=1S/C22H25ClFN5O2/c1-2-25-8-3-9-26-21(30)17(10-14-4-6-16(24)7-5-14)29-22(31)18-11-15-12-20(23)27-13-19(15)28-18/h4-7,11-13,17,25,28H,2-3,8-10H2,1H3,(H,26,30)(H,29,31)/t17-/m0/s1. The molecule has 0 saturated heterocycles. The summed E-state index contributed by atoms with van der Waals surface area (Å²) in [4.78, 5) is 32.6. The van der Waals surface area contributed by atoms with Crippen LogP contribution in [0.4, 0.5) is 4.39 Å². The predicted octanol–water partition coefficient (Wildman–Crippen LogP) is 2.81. The van der Waals surface area contributed by atoms with Gasteiger partial charge in [0, 0.05) is 18.4 Å². The third-order valence-electron chi connectivity index (χ3n) is 4.77. The Morgan fingerprint density at radius 3 is 2.71 bits per heavy atom. The van der Waals surface area contributed by atoms with Crippen LogP contribution in [0.5, 0.6) is 0 Å². The van der Waals surface area contributed by atoms with Gasteiger partial charge in [-0.3, -0.25) is 9.59 Å². The van der Waals surface area contributed by atoms with Crippen molar-refractivity contribution in [1.29, 1.82) is 0 Å². The molecule has 3 aromatic rings. The van der Waals surface area contributed by atoms with Crippen LogP contribution in [0.2, 0.25) is 5.15 Å². The minimum absolute atomic E-state index is 0.235. The minimum atomic E-state index is -0.815. The first-order valence-corrected chi connectivity index (χ1v) is 10.5. The Bertz CT molecular complexity index is 1040. The van der Waals surface area contributed by atoms with Gasteiger partial charge in [0.1, 0.15) is 22.7 Å². The van der Waals surface area contributed by atoms with Crippen molar-refractivity contribution < 1.29 is 14.0 Å². The van der Waals surface area contributed by atoms with Crippen LogP contribution in [-0.4, -0.2) is 47.5 Å². The number of halogens is 2. The summed E-state index contributed by atoms with van der Waals surface area (Å²) in [7, 11) is 0. The van der Waals surface area contributed by atoms with Gasteiger partial charge in [0.15, 0.2) is 0 Å². The van der Waals surface area contributed by atoms with Crippen molar-refractivity contribution in [2.24, 2.45) is 0 Å². The molecule has 0 saturated carbocycles. The molecule has 0 aliphatic rings. The molecule has 0 fully saturated rings. The van der Waals surface area contributed by atoms with Crippen molar-refractivity contribution in [1.82, 2.24) is 25.9 Å². The van der Waals surface area contributed by atoms with Crippen molar-refractivity contribution in [2.75, 3.05) is 19.6 Å². The van der Waals surface area contributed by atoms with Crippen molar-refractivity contribution >= 4 is 34.3 Å². The lowest BCUT2D eigenvalue weighted by Gasteiger charge is -2.18. The first kappa shape index (κ1) is 22.7. The van der Waals surface area contributed by atoms with Crippen LogP contribution in [0.1, 0.15) is 29.4 Å². The number of aromatic nitrogens is 2. The Hall–Kier alpha value is -2.97. The first-order valence-electron chi connectivity index (χ1n) is 10.1. The van der Waals surface area contributed by atoms with Gasteiger partial charge in [-0.05, 0) is 49.3 Å². The van der Waals surface area contributed by atoms with Crippen molar-refractivity contribution in [3.8, 4) is 0 Å². The molecule has 0 unspecified atom stereocenters. The number of carbonyl (C=O) groups excluding carboxylic acids is 2. The second-order valence-electron chi connectivity index (χ2n) is 7.13. The average Bonchev–Trinajstić information content (AvgIpc) is 3.18. The zero-order valence-electron chi connectivity index (χ0n) is 17.2. The second kappa shape index (κ2) is 10.9. The quantitative estimate of drug-likeness (QED) is 0.285. The van der Waals surface area contributed by atoms with E-state index < -0.39 is 11.9 Å². The third-order valence-corrected chi connectivity index (χ3v) is 4.98. The van der Waals surface area contributed by atoms with Gasteiger partial charge in [-0.2, -0.15) is 0 Å². The number of benzene rings is 1. The Labute approximate surface area is 184 Å². The number of hydrogen-bond donors (Lipinski definition) is 4. The summed E-state index contributed by atoms with van der Waals surface area (Å²) in [5.41, 5.74) is 1.70. The number of H-pyrrole nitrogens is 1. The summed E-state index contributed by atoms with van der Waals surface area (Å²) in [5, 5.41) is 9.90. The molecular formula is C22H25ClFN5O2. The van der Waals surface area contributed by atoms with Gasteiger partial charge >= 0.3 is 0 Å². The van der Waals surface area contributed by atoms with Crippen LogP contribution < -0.4 is 16.0 Å². The Balaban J connectivity index is 1.71. The van der Waals surface area contributed by atoms with Gasteiger partial charge < -0.3 is 20.9 Å². The van der Waals surface area contributed by atoms with E-state index in [1.54, 1.807) is 30.5 Å². The molecule has 1 aromatic carbocycles. The lowest BCUT2D eigenvalue weighted by molar-refractivity contribution is -0.122. The maximum Gasteiger partial charge on any atom is 0.268 e. The molecule has 9 heteroatoms. The topological polar surface area (TPSA) is 98.9 Å². The molecule has 0 radical (unpaired) electrons. The molecule has 4 N–H and O–H groups in total. The molecule has 31 heavy (non-hydrogen) atoms. The van der Waals surface area contributed by atoms with Crippen LogP contribution >= 0.6 is 11.6 Å². The number of carbonyl (C=O) groups is 2. The molecule has 0 bridgehead atoms. The van der Waals surface area contributed by atoms with E-state index in [9.17, 15) is 14.0 Å².